The van der Waals surface area contributed by atoms with Gasteiger partial charge in [-0.25, -0.2) is 9.97 Å². The predicted octanol–water partition coefficient (Wildman–Crippen LogP) is 4.34. The van der Waals surface area contributed by atoms with Gasteiger partial charge in [-0.1, -0.05) is 18.2 Å². The zero-order valence-corrected chi connectivity index (χ0v) is 17.4. The van der Waals surface area contributed by atoms with Crippen LogP contribution in [0.15, 0.2) is 79.0 Å². The minimum absolute atomic E-state index is 0.105. The van der Waals surface area contributed by atoms with Gasteiger partial charge in [-0.15, -0.1) is 0 Å². The summed E-state index contributed by atoms with van der Waals surface area (Å²) in [6.45, 7) is 0. The Morgan fingerprint density at radius 2 is 1.67 bits per heavy atom. The summed E-state index contributed by atoms with van der Waals surface area (Å²) in [7, 11) is 0. The van der Waals surface area contributed by atoms with Crippen LogP contribution >= 0.6 is 0 Å². The second-order valence-corrected chi connectivity index (χ2v) is 7.54. The largest absolute Gasteiger partial charge is 0.508 e. The quantitative estimate of drug-likeness (QED) is 0.353. The average molecular weight is 437 g/mol. The lowest BCUT2D eigenvalue weighted by Crippen LogP contribution is -2.12. The van der Waals surface area contributed by atoms with E-state index < -0.39 is 0 Å². The van der Waals surface area contributed by atoms with E-state index in [0.717, 1.165) is 16.8 Å². The molecule has 1 aliphatic rings. The lowest BCUT2D eigenvalue weighted by molar-refractivity contribution is -0.115. The summed E-state index contributed by atoms with van der Waals surface area (Å²) >= 11 is 0. The van der Waals surface area contributed by atoms with E-state index in [1.165, 1.54) is 12.1 Å². The highest BCUT2D eigenvalue weighted by molar-refractivity contribution is 6.04. The fourth-order valence-corrected chi connectivity index (χ4v) is 3.58. The second-order valence-electron chi connectivity index (χ2n) is 7.54. The third-order valence-electron chi connectivity index (χ3n) is 5.20. The number of aromatic hydroxyl groups is 1. The fraction of sp³-hybridized carbons (Fsp3) is 0.0400. The number of amides is 2. The number of carbonyl (C=O) groups is 2. The molecule has 3 aromatic carbocycles. The number of nitrogens with one attached hydrogen (secondary N) is 3. The third kappa shape index (κ3) is 4.35. The molecule has 0 saturated carbocycles. The Morgan fingerprint density at radius 3 is 2.45 bits per heavy atom. The van der Waals surface area contributed by atoms with E-state index >= 15 is 0 Å². The summed E-state index contributed by atoms with van der Waals surface area (Å²) in [5.74, 6) is 0.156. The Morgan fingerprint density at radius 1 is 0.939 bits per heavy atom. The molecule has 0 fully saturated rings. The minimum atomic E-state index is -0.262. The SMILES string of the molecule is O=C1Cc2cnc(Nc3ccc(C(=O)Nc4ccc(O)cc4)cc3)nc2-c2ccccc2N1. The number of anilines is 4. The topological polar surface area (TPSA) is 116 Å². The molecule has 33 heavy (non-hydrogen) atoms. The smallest absolute Gasteiger partial charge is 0.255 e. The van der Waals surface area contributed by atoms with Crippen LogP contribution in [0.3, 0.4) is 0 Å². The number of carbonyl (C=O) groups excluding carboxylic acids is 2. The lowest BCUT2D eigenvalue weighted by Gasteiger charge is -2.11. The number of para-hydroxylation sites is 1. The molecule has 8 heteroatoms. The van der Waals surface area contributed by atoms with Crippen LogP contribution in [0.2, 0.25) is 0 Å². The highest BCUT2D eigenvalue weighted by Crippen LogP contribution is 2.32. The highest BCUT2D eigenvalue weighted by atomic mass is 16.3. The molecule has 2 amide bonds. The molecule has 0 atom stereocenters. The van der Waals surface area contributed by atoms with Crippen molar-refractivity contribution in [1.29, 1.82) is 0 Å². The Balaban J connectivity index is 1.34. The number of hydrogen-bond acceptors (Lipinski definition) is 6. The molecular weight excluding hydrogens is 418 g/mol. The van der Waals surface area contributed by atoms with Gasteiger partial charge in [0.05, 0.1) is 17.8 Å². The molecule has 1 aliphatic heterocycles. The number of hydrogen-bond donors (Lipinski definition) is 4. The summed E-state index contributed by atoms with van der Waals surface area (Å²) in [4.78, 5) is 33.6. The number of rotatable bonds is 4. The molecule has 0 radical (unpaired) electrons. The van der Waals surface area contributed by atoms with E-state index in [1.54, 1.807) is 42.6 Å². The second kappa shape index (κ2) is 8.43. The van der Waals surface area contributed by atoms with Gasteiger partial charge in [0.2, 0.25) is 11.9 Å². The van der Waals surface area contributed by atoms with E-state index in [1.807, 2.05) is 24.3 Å². The highest BCUT2D eigenvalue weighted by Gasteiger charge is 2.20. The van der Waals surface area contributed by atoms with E-state index in [9.17, 15) is 14.7 Å². The third-order valence-corrected chi connectivity index (χ3v) is 5.20. The van der Waals surface area contributed by atoms with Crippen LogP contribution < -0.4 is 16.0 Å². The normalized spacial score (nSPS) is 12.1. The molecule has 8 nitrogen and oxygen atoms in total. The maximum atomic E-state index is 12.5. The molecule has 162 valence electrons. The maximum absolute atomic E-state index is 12.5. The number of fused-ring (bicyclic) bond motifs is 3. The van der Waals surface area contributed by atoms with Crippen LogP contribution in [-0.4, -0.2) is 26.9 Å². The molecule has 2 heterocycles. The van der Waals surface area contributed by atoms with E-state index in [-0.39, 0.29) is 24.0 Å². The lowest BCUT2D eigenvalue weighted by atomic mass is 10.1. The molecule has 5 rings (SSSR count). The number of phenols is 1. The Bertz CT molecular complexity index is 1350. The summed E-state index contributed by atoms with van der Waals surface area (Å²) in [6.07, 6.45) is 1.86. The van der Waals surface area contributed by atoms with Crippen molar-refractivity contribution in [2.75, 3.05) is 16.0 Å². The van der Waals surface area contributed by atoms with Gasteiger partial charge in [0.1, 0.15) is 5.75 Å². The van der Waals surface area contributed by atoms with Gasteiger partial charge >= 0.3 is 0 Å². The monoisotopic (exact) mass is 437 g/mol. The van der Waals surface area contributed by atoms with Crippen LogP contribution in [0, 0.1) is 0 Å². The van der Waals surface area contributed by atoms with Crippen LogP contribution in [0.4, 0.5) is 23.0 Å². The van der Waals surface area contributed by atoms with E-state index in [0.29, 0.717) is 28.6 Å². The molecule has 4 N–H and O–H groups in total. The van der Waals surface area contributed by atoms with Gasteiger partial charge in [0.15, 0.2) is 0 Å². The van der Waals surface area contributed by atoms with Crippen LogP contribution in [0.25, 0.3) is 11.3 Å². The van der Waals surface area contributed by atoms with Gasteiger partial charge in [-0.2, -0.15) is 0 Å². The Kier molecular flexibility index (Phi) is 5.16. The maximum Gasteiger partial charge on any atom is 0.255 e. The van der Waals surface area contributed by atoms with Crippen LogP contribution in [0.1, 0.15) is 15.9 Å². The van der Waals surface area contributed by atoms with Crippen LogP contribution in [0.5, 0.6) is 5.75 Å². The van der Waals surface area contributed by atoms with Crippen molar-refractivity contribution >= 4 is 34.8 Å². The number of aromatic nitrogens is 2. The molecule has 0 spiro atoms. The Hall–Kier alpha value is -4.72. The van der Waals surface area contributed by atoms with Crippen LogP contribution in [-0.2, 0) is 11.2 Å². The van der Waals surface area contributed by atoms with E-state index in [4.69, 9.17) is 0 Å². The summed E-state index contributed by atoms with van der Waals surface area (Å²) in [5.41, 5.74) is 4.80. The van der Waals surface area contributed by atoms with Crippen molar-refractivity contribution in [3.63, 3.8) is 0 Å². The molecule has 1 aromatic heterocycles. The zero-order valence-electron chi connectivity index (χ0n) is 17.4. The van der Waals surface area contributed by atoms with Gasteiger partial charge in [0, 0.05) is 34.3 Å². The first-order valence-corrected chi connectivity index (χ1v) is 10.3. The molecule has 0 aliphatic carbocycles. The first-order chi connectivity index (χ1) is 16.0. The predicted molar refractivity (Wildman–Crippen MR) is 126 cm³/mol. The summed E-state index contributed by atoms with van der Waals surface area (Å²) < 4.78 is 0. The molecular formula is C25H19N5O3. The summed E-state index contributed by atoms with van der Waals surface area (Å²) in [5, 5.41) is 18.2. The van der Waals surface area contributed by atoms with Gasteiger partial charge in [-0.05, 0) is 54.6 Å². The number of phenolic OH excluding ortho intramolecular Hbond substituents is 1. The zero-order chi connectivity index (χ0) is 22.8. The first-order valence-electron chi connectivity index (χ1n) is 10.3. The Labute approximate surface area is 189 Å². The molecule has 0 saturated heterocycles. The van der Waals surface area contributed by atoms with Crippen molar-refractivity contribution in [2.24, 2.45) is 0 Å². The molecule has 4 aromatic rings. The summed E-state index contributed by atoms with van der Waals surface area (Å²) in [6, 6.07) is 20.7. The number of benzene rings is 3. The molecule has 0 unspecified atom stereocenters. The standard InChI is InChI=1S/C25H19N5O3/c31-19-11-9-17(10-12-19)27-24(33)15-5-7-18(8-6-15)28-25-26-14-16-13-22(32)29-21-4-2-1-3-20(21)23(16)30-25/h1-12,14,31H,13H2,(H,27,33)(H,29,32)(H,26,28,30). The van der Waals surface area contributed by atoms with Crippen molar-refractivity contribution in [3.8, 4) is 17.0 Å². The van der Waals surface area contributed by atoms with Gasteiger partial charge in [-0.3, -0.25) is 9.59 Å². The molecule has 0 bridgehead atoms. The van der Waals surface area contributed by atoms with Crippen molar-refractivity contribution in [3.05, 3.63) is 90.1 Å². The van der Waals surface area contributed by atoms with Crippen molar-refractivity contribution in [1.82, 2.24) is 9.97 Å². The van der Waals surface area contributed by atoms with Crippen molar-refractivity contribution < 1.29 is 14.7 Å². The minimum Gasteiger partial charge on any atom is -0.508 e. The first kappa shape index (κ1) is 20.2. The van der Waals surface area contributed by atoms with Gasteiger partial charge < -0.3 is 21.1 Å². The fourth-order valence-electron chi connectivity index (χ4n) is 3.58. The van der Waals surface area contributed by atoms with E-state index in [2.05, 4.69) is 25.9 Å². The van der Waals surface area contributed by atoms with Crippen molar-refractivity contribution in [2.45, 2.75) is 6.42 Å². The van der Waals surface area contributed by atoms with Gasteiger partial charge in [0.25, 0.3) is 5.91 Å². The number of nitrogens with zero attached hydrogens (tertiary/aromatic N) is 2. The average Bonchev–Trinajstić information content (AvgIpc) is 2.96.